The van der Waals surface area contributed by atoms with Crippen molar-refractivity contribution >= 4 is 29.9 Å². The van der Waals surface area contributed by atoms with E-state index in [2.05, 4.69) is 54.0 Å². The summed E-state index contributed by atoms with van der Waals surface area (Å²) in [6, 6.07) is 23.8. The Morgan fingerprint density at radius 2 is 1.76 bits per heavy atom. The molecule has 3 aromatic carbocycles. The van der Waals surface area contributed by atoms with Gasteiger partial charge in [-0.3, -0.25) is 9.59 Å². The Hall–Kier alpha value is -3.15. The predicted octanol–water partition coefficient (Wildman–Crippen LogP) is 4.66. The first-order valence-corrected chi connectivity index (χ1v) is 11.5. The predicted molar refractivity (Wildman–Crippen MR) is 140 cm³/mol. The number of nitrogens with one attached hydrogen (secondary N) is 2. The first-order valence-electron chi connectivity index (χ1n) is 11.5. The molecule has 0 saturated carbocycles. The lowest BCUT2D eigenvalue weighted by Gasteiger charge is -2.27. The summed E-state index contributed by atoms with van der Waals surface area (Å²) in [5, 5.41) is 5.91. The smallest absolute Gasteiger partial charge is 0.249 e. The molecule has 5 nitrogen and oxygen atoms in total. The van der Waals surface area contributed by atoms with Crippen molar-refractivity contribution in [2.24, 2.45) is 0 Å². The molecule has 1 aliphatic rings. The maximum Gasteiger partial charge on any atom is 0.249 e. The van der Waals surface area contributed by atoms with Crippen LogP contribution in [-0.2, 0) is 22.6 Å². The van der Waals surface area contributed by atoms with Crippen LogP contribution in [0.5, 0.6) is 0 Å². The summed E-state index contributed by atoms with van der Waals surface area (Å²) in [7, 11) is 1.74. The van der Waals surface area contributed by atoms with Crippen LogP contribution in [0.2, 0.25) is 0 Å². The number of hydrogen-bond acceptors (Lipinski definition) is 3. The van der Waals surface area contributed by atoms with Crippen molar-refractivity contribution in [2.75, 3.05) is 11.9 Å². The third-order valence-corrected chi connectivity index (χ3v) is 6.42. The van der Waals surface area contributed by atoms with Crippen LogP contribution in [0.25, 0.3) is 11.1 Å². The molecule has 0 spiro atoms. The van der Waals surface area contributed by atoms with E-state index in [9.17, 15) is 9.59 Å². The summed E-state index contributed by atoms with van der Waals surface area (Å²) < 4.78 is 0. The second-order valence-corrected chi connectivity index (χ2v) is 8.68. The zero-order valence-corrected chi connectivity index (χ0v) is 20.7. The van der Waals surface area contributed by atoms with Crippen LogP contribution in [0.3, 0.4) is 0 Å². The lowest BCUT2D eigenvalue weighted by Crippen LogP contribution is -2.52. The van der Waals surface area contributed by atoms with Crippen LogP contribution in [0.4, 0.5) is 5.69 Å². The Morgan fingerprint density at radius 1 is 1.06 bits per heavy atom. The summed E-state index contributed by atoms with van der Waals surface area (Å²) in [5.74, 6) is -0.234. The first-order chi connectivity index (χ1) is 16.0. The number of carbonyl (C=O) groups excluding carboxylic acids is 2. The number of fused-ring (bicyclic) bond motifs is 1. The molecule has 6 heteroatoms. The van der Waals surface area contributed by atoms with Gasteiger partial charge in [0, 0.05) is 5.69 Å². The fourth-order valence-corrected chi connectivity index (χ4v) is 4.32. The fourth-order valence-electron chi connectivity index (χ4n) is 4.32. The van der Waals surface area contributed by atoms with E-state index in [-0.39, 0.29) is 30.3 Å². The van der Waals surface area contributed by atoms with Gasteiger partial charge in [0.2, 0.25) is 11.8 Å². The number of amides is 2. The normalized spacial score (nSPS) is 16.1. The van der Waals surface area contributed by atoms with Crippen LogP contribution in [0, 0.1) is 6.92 Å². The van der Waals surface area contributed by atoms with Crippen LogP contribution in [0.1, 0.15) is 30.0 Å². The number of anilines is 1. The number of hydrogen-bond donors (Lipinski definition) is 2. The largest absolute Gasteiger partial charge is 0.343 e. The van der Waals surface area contributed by atoms with Crippen molar-refractivity contribution in [1.82, 2.24) is 10.6 Å². The van der Waals surface area contributed by atoms with Gasteiger partial charge in [0.05, 0.1) is 12.6 Å². The number of likely N-dealkylation sites (N-methyl/N-ethyl adjacent to an activating group) is 1. The number of benzene rings is 3. The molecular formula is C28H32ClN3O2. The number of rotatable bonds is 6. The van der Waals surface area contributed by atoms with Crippen molar-refractivity contribution in [3.05, 3.63) is 89.5 Å². The molecule has 0 bridgehead atoms. The minimum absolute atomic E-state index is 0. The van der Waals surface area contributed by atoms with E-state index in [1.807, 2.05) is 41.3 Å². The molecular weight excluding hydrogens is 446 g/mol. The molecule has 4 rings (SSSR count). The first kappa shape index (κ1) is 25.5. The van der Waals surface area contributed by atoms with Crippen molar-refractivity contribution in [3.8, 4) is 11.1 Å². The maximum absolute atomic E-state index is 13.7. The molecule has 1 heterocycles. The molecule has 2 amide bonds. The van der Waals surface area contributed by atoms with E-state index in [1.54, 1.807) is 14.0 Å². The van der Waals surface area contributed by atoms with Gasteiger partial charge in [-0.15, -0.1) is 12.4 Å². The van der Waals surface area contributed by atoms with E-state index >= 15 is 0 Å². The van der Waals surface area contributed by atoms with Crippen molar-refractivity contribution in [3.63, 3.8) is 0 Å². The summed E-state index contributed by atoms with van der Waals surface area (Å²) in [5.41, 5.74) is 6.61. The van der Waals surface area contributed by atoms with Crippen LogP contribution in [0.15, 0.2) is 72.8 Å². The number of para-hydroxylation sites is 1. The highest BCUT2D eigenvalue weighted by Gasteiger charge is 2.32. The van der Waals surface area contributed by atoms with Gasteiger partial charge in [0.1, 0.15) is 6.04 Å². The molecule has 178 valence electrons. The van der Waals surface area contributed by atoms with Crippen molar-refractivity contribution in [2.45, 2.75) is 45.3 Å². The van der Waals surface area contributed by atoms with Crippen LogP contribution in [-0.4, -0.2) is 30.9 Å². The van der Waals surface area contributed by atoms with Crippen LogP contribution < -0.4 is 15.5 Å². The Bertz CT molecular complexity index is 1150. The SMILES string of the molecule is CNC(C)C(=O)NC1CCc2ccccc2N(Cc2ccc(C)c(-c3ccccc3)c2)C1=O.Cl. The second-order valence-electron chi connectivity index (χ2n) is 8.68. The highest BCUT2D eigenvalue weighted by atomic mass is 35.5. The topological polar surface area (TPSA) is 61.4 Å². The number of nitrogens with zero attached hydrogens (tertiary/aromatic N) is 1. The van der Waals surface area contributed by atoms with Crippen LogP contribution >= 0.6 is 12.4 Å². The second kappa shape index (κ2) is 11.3. The van der Waals surface area contributed by atoms with Gasteiger partial charge in [-0.1, -0.05) is 60.7 Å². The molecule has 2 unspecified atom stereocenters. The Balaban J connectivity index is 0.00000324. The fraction of sp³-hybridized carbons (Fsp3) is 0.286. The van der Waals surface area contributed by atoms with Gasteiger partial charge in [-0.05, 0) is 73.7 Å². The van der Waals surface area contributed by atoms with Gasteiger partial charge in [-0.25, -0.2) is 0 Å². The third kappa shape index (κ3) is 5.49. The van der Waals surface area contributed by atoms with Gasteiger partial charge in [0.15, 0.2) is 0 Å². The Morgan fingerprint density at radius 3 is 2.50 bits per heavy atom. The van der Waals surface area contributed by atoms with Gasteiger partial charge >= 0.3 is 0 Å². The summed E-state index contributed by atoms with van der Waals surface area (Å²) >= 11 is 0. The monoisotopic (exact) mass is 477 g/mol. The zero-order chi connectivity index (χ0) is 23.4. The molecule has 2 N–H and O–H groups in total. The summed E-state index contributed by atoms with van der Waals surface area (Å²) in [6.07, 6.45) is 1.32. The average Bonchev–Trinajstić information content (AvgIpc) is 2.97. The lowest BCUT2D eigenvalue weighted by molar-refractivity contribution is -0.128. The van der Waals surface area contributed by atoms with Gasteiger partial charge in [0.25, 0.3) is 0 Å². The molecule has 0 aromatic heterocycles. The molecule has 1 aliphatic heterocycles. The maximum atomic E-state index is 13.7. The Labute approximate surface area is 208 Å². The number of aryl methyl sites for hydroxylation is 2. The zero-order valence-electron chi connectivity index (χ0n) is 19.9. The molecule has 0 radical (unpaired) electrons. The average molecular weight is 478 g/mol. The molecule has 0 fully saturated rings. The highest BCUT2D eigenvalue weighted by molar-refractivity contribution is 6.00. The minimum Gasteiger partial charge on any atom is -0.343 e. The summed E-state index contributed by atoms with van der Waals surface area (Å²) in [6.45, 7) is 4.34. The molecule has 2 atom stereocenters. The lowest BCUT2D eigenvalue weighted by atomic mass is 9.98. The molecule has 0 saturated heterocycles. The van der Waals surface area contributed by atoms with Gasteiger partial charge < -0.3 is 15.5 Å². The highest BCUT2D eigenvalue weighted by Crippen LogP contribution is 2.30. The standard InChI is InChI=1S/C28H31N3O2.ClH/c1-19-13-14-21(17-24(19)22-9-5-4-6-10-22)18-31-26-12-8-7-11-23(26)15-16-25(28(31)33)30-27(32)20(2)29-3;/h4-14,17,20,25,29H,15-16,18H2,1-3H3,(H,30,32);1H. The molecule has 34 heavy (non-hydrogen) atoms. The number of halogens is 1. The molecule has 0 aliphatic carbocycles. The van der Waals surface area contributed by atoms with E-state index in [0.29, 0.717) is 13.0 Å². The minimum atomic E-state index is -0.556. The van der Waals surface area contributed by atoms with Crippen molar-refractivity contribution < 1.29 is 9.59 Å². The quantitative estimate of drug-likeness (QED) is 0.543. The number of carbonyl (C=O) groups is 2. The Kier molecular flexibility index (Phi) is 8.48. The summed E-state index contributed by atoms with van der Waals surface area (Å²) in [4.78, 5) is 28.0. The van der Waals surface area contributed by atoms with E-state index < -0.39 is 6.04 Å². The van der Waals surface area contributed by atoms with E-state index in [0.717, 1.165) is 34.4 Å². The third-order valence-electron chi connectivity index (χ3n) is 6.42. The van der Waals surface area contributed by atoms with Gasteiger partial charge in [-0.2, -0.15) is 0 Å². The van der Waals surface area contributed by atoms with E-state index in [1.165, 1.54) is 5.56 Å². The van der Waals surface area contributed by atoms with Crippen molar-refractivity contribution in [1.29, 1.82) is 0 Å². The molecule has 3 aromatic rings. The van der Waals surface area contributed by atoms with E-state index in [4.69, 9.17) is 0 Å².